The Hall–Kier alpha value is -4.05. The molecule has 1 amide bonds. The zero-order valence-corrected chi connectivity index (χ0v) is 25.3. The smallest absolute Gasteiger partial charge is 0.271 e. The molecule has 0 unspecified atom stereocenters. The number of anilines is 1. The fourth-order valence-corrected chi connectivity index (χ4v) is 5.04. The van der Waals surface area contributed by atoms with Crippen molar-refractivity contribution in [1.29, 1.82) is 0 Å². The van der Waals surface area contributed by atoms with Crippen LogP contribution in [-0.4, -0.2) is 33.4 Å². The summed E-state index contributed by atoms with van der Waals surface area (Å²) in [7, 11) is -3.58. The van der Waals surface area contributed by atoms with Gasteiger partial charge in [0, 0.05) is 15.6 Å². The van der Waals surface area contributed by atoms with Crippen molar-refractivity contribution in [1.82, 2.24) is 5.43 Å². The fraction of sp³-hybridized carbons (Fsp3) is 0.161. The second kappa shape index (κ2) is 14.2. The van der Waals surface area contributed by atoms with Gasteiger partial charge in [0.05, 0.1) is 31.3 Å². The number of nitrogens with one attached hydrogen (secondary N) is 1. The number of nitrogens with zero attached hydrogens (tertiary/aromatic N) is 2. The third kappa shape index (κ3) is 8.72. The number of carbonyl (C=O) groups excluding carboxylic acids is 1. The van der Waals surface area contributed by atoms with Crippen LogP contribution >= 0.6 is 23.2 Å². The number of benzene rings is 4. The summed E-state index contributed by atoms with van der Waals surface area (Å²) in [6, 6.07) is 25.9. The maximum Gasteiger partial charge on any atom is 0.271 e. The molecule has 0 aliphatic rings. The van der Waals surface area contributed by atoms with Crippen LogP contribution in [0, 0.1) is 0 Å². The highest BCUT2D eigenvalue weighted by molar-refractivity contribution is 7.92. The molecule has 0 atom stereocenters. The van der Waals surface area contributed by atoms with Gasteiger partial charge in [-0.05, 0) is 90.3 Å². The van der Waals surface area contributed by atoms with Crippen LogP contribution in [-0.2, 0) is 23.2 Å². The van der Waals surface area contributed by atoms with Gasteiger partial charge in [-0.1, -0.05) is 47.5 Å². The minimum Gasteiger partial charge on any atom is -0.490 e. The molecule has 0 fully saturated rings. The lowest BCUT2D eigenvalue weighted by molar-refractivity contribution is 0.0955. The van der Waals surface area contributed by atoms with Gasteiger partial charge in [-0.15, -0.1) is 0 Å². The number of hydrogen-bond donors (Lipinski definition) is 1. The van der Waals surface area contributed by atoms with E-state index in [0.29, 0.717) is 51.6 Å². The number of hydrogen-bond acceptors (Lipinski definition) is 6. The monoisotopic (exact) mass is 625 g/mol. The number of hydrazone groups is 1. The van der Waals surface area contributed by atoms with E-state index in [9.17, 15) is 13.2 Å². The van der Waals surface area contributed by atoms with Crippen LogP contribution in [0.1, 0.15) is 34.0 Å². The van der Waals surface area contributed by atoms with Crippen LogP contribution in [0.2, 0.25) is 10.0 Å². The summed E-state index contributed by atoms with van der Waals surface area (Å²) >= 11 is 11.9. The lowest BCUT2D eigenvalue weighted by Crippen LogP contribution is -2.29. The van der Waals surface area contributed by atoms with Gasteiger partial charge in [0.25, 0.3) is 5.91 Å². The predicted octanol–water partition coefficient (Wildman–Crippen LogP) is 6.70. The number of halogens is 2. The molecule has 0 spiro atoms. The Morgan fingerprint density at radius 1 is 0.857 bits per heavy atom. The van der Waals surface area contributed by atoms with E-state index in [2.05, 4.69) is 10.5 Å². The Bertz CT molecular complexity index is 1640. The van der Waals surface area contributed by atoms with Crippen LogP contribution in [0.3, 0.4) is 0 Å². The van der Waals surface area contributed by atoms with Crippen molar-refractivity contribution in [3.8, 4) is 11.5 Å². The average Bonchev–Trinajstić information content (AvgIpc) is 2.97. The average molecular weight is 627 g/mol. The quantitative estimate of drug-likeness (QED) is 0.139. The minimum absolute atomic E-state index is 0.126. The van der Waals surface area contributed by atoms with E-state index in [1.54, 1.807) is 78.9 Å². The predicted molar refractivity (Wildman–Crippen MR) is 167 cm³/mol. The molecule has 0 aromatic heterocycles. The normalized spacial score (nSPS) is 11.3. The molecule has 0 saturated carbocycles. The maximum absolute atomic E-state index is 12.7. The van der Waals surface area contributed by atoms with Gasteiger partial charge in [-0.25, -0.2) is 13.8 Å². The largest absolute Gasteiger partial charge is 0.490 e. The summed E-state index contributed by atoms with van der Waals surface area (Å²) in [5, 5.41) is 5.28. The fourth-order valence-electron chi connectivity index (χ4n) is 3.90. The van der Waals surface area contributed by atoms with E-state index in [1.165, 1.54) is 10.5 Å². The Balaban J connectivity index is 1.39. The van der Waals surface area contributed by atoms with Gasteiger partial charge >= 0.3 is 0 Å². The van der Waals surface area contributed by atoms with E-state index in [0.717, 1.165) is 17.4 Å². The topological polar surface area (TPSA) is 97.3 Å². The number of carbonyl (C=O) groups is 1. The molecule has 0 radical (unpaired) electrons. The number of ether oxygens (including phenoxy) is 2. The van der Waals surface area contributed by atoms with E-state index in [4.69, 9.17) is 32.7 Å². The van der Waals surface area contributed by atoms with Crippen molar-refractivity contribution >= 4 is 51.0 Å². The Morgan fingerprint density at radius 2 is 1.48 bits per heavy atom. The van der Waals surface area contributed by atoms with Gasteiger partial charge in [0.1, 0.15) is 6.61 Å². The Kier molecular flexibility index (Phi) is 10.5. The highest BCUT2D eigenvalue weighted by Gasteiger charge is 2.18. The third-order valence-electron chi connectivity index (χ3n) is 6.01. The molecule has 0 bridgehead atoms. The van der Waals surface area contributed by atoms with Crippen molar-refractivity contribution in [2.24, 2.45) is 5.10 Å². The summed E-state index contributed by atoms with van der Waals surface area (Å²) in [5.74, 6) is 0.674. The molecule has 0 aliphatic heterocycles. The zero-order valence-electron chi connectivity index (χ0n) is 23.0. The molecule has 4 aromatic rings. The summed E-state index contributed by atoms with van der Waals surface area (Å²) in [6.45, 7) is 2.80. The summed E-state index contributed by atoms with van der Waals surface area (Å²) in [4.78, 5) is 12.7. The zero-order chi connectivity index (χ0) is 30.1. The van der Waals surface area contributed by atoms with E-state index >= 15 is 0 Å². The Labute approximate surface area is 255 Å². The summed E-state index contributed by atoms with van der Waals surface area (Å²) in [6.07, 6.45) is 2.63. The second-order valence-corrected chi connectivity index (χ2v) is 12.0. The van der Waals surface area contributed by atoms with Gasteiger partial charge in [0.15, 0.2) is 11.5 Å². The third-order valence-corrected chi connectivity index (χ3v) is 7.66. The van der Waals surface area contributed by atoms with E-state index in [1.807, 2.05) is 19.1 Å². The highest BCUT2D eigenvalue weighted by Crippen LogP contribution is 2.29. The Morgan fingerprint density at radius 3 is 2.07 bits per heavy atom. The lowest BCUT2D eigenvalue weighted by atomic mass is 10.2. The van der Waals surface area contributed by atoms with Gasteiger partial charge in [-0.3, -0.25) is 9.10 Å². The van der Waals surface area contributed by atoms with Crippen molar-refractivity contribution in [2.75, 3.05) is 17.2 Å². The van der Waals surface area contributed by atoms with Crippen LogP contribution in [0.4, 0.5) is 5.69 Å². The first-order valence-corrected chi connectivity index (χ1v) is 15.5. The SMILES string of the molecule is CCOc1cc(/C=N\NC(=O)c2ccc(N(Cc3ccc(Cl)cc3)S(C)(=O)=O)cc2)ccc1OCc1ccc(Cl)cc1. The van der Waals surface area contributed by atoms with Crippen LogP contribution in [0.5, 0.6) is 11.5 Å². The molecule has 4 aromatic carbocycles. The summed E-state index contributed by atoms with van der Waals surface area (Å²) < 4.78 is 37.9. The number of amides is 1. The van der Waals surface area contributed by atoms with Crippen molar-refractivity contribution < 1.29 is 22.7 Å². The van der Waals surface area contributed by atoms with Gasteiger partial charge in [0.2, 0.25) is 10.0 Å². The van der Waals surface area contributed by atoms with Crippen LogP contribution in [0.25, 0.3) is 0 Å². The first kappa shape index (κ1) is 30.9. The van der Waals surface area contributed by atoms with Crippen molar-refractivity contribution in [2.45, 2.75) is 20.1 Å². The minimum atomic E-state index is -3.58. The van der Waals surface area contributed by atoms with Gasteiger partial charge in [-0.2, -0.15) is 5.10 Å². The molecule has 218 valence electrons. The van der Waals surface area contributed by atoms with Crippen molar-refractivity contribution in [3.05, 3.63) is 123 Å². The summed E-state index contributed by atoms with van der Waals surface area (Å²) in [5.41, 5.74) is 5.67. The molecular weight excluding hydrogens is 597 g/mol. The maximum atomic E-state index is 12.7. The first-order valence-electron chi connectivity index (χ1n) is 12.9. The number of rotatable bonds is 12. The standard InChI is InChI=1S/C31H29Cl2N3O5S/c1-3-40-30-18-24(8-17-29(30)41-21-23-6-13-27(33)14-7-23)19-34-35-31(37)25-9-15-28(16-10-25)36(42(2,38)39)20-22-4-11-26(32)12-5-22/h4-19H,3,20-21H2,1-2H3,(H,35,37)/b34-19-. The molecule has 0 heterocycles. The van der Waals surface area contributed by atoms with E-state index < -0.39 is 15.9 Å². The molecule has 1 N–H and O–H groups in total. The van der Waals surface area contributed by atoms with Crippen LogP contribution < -0.4 is 19.2 Å². The lowest BCUT2D eigenvalue weighted by Gasteiger charge is -2.22. The molecule has 0 aliphatic carbocycles. The molecular formula is C31H29Cl2N3O5S. The van der Waals surface area contributed by atoms with Crippen molar-refractivity contribution in [3.63, 3.8) is 0 Å². The molecule has 8 nitrogen and oxygen atoms in total. The highest BCUT2D eigenvalue weighted by atomic mass is 35.5. The van der Waals surface area contributed by atoms with Crippen LogP contribution in [0.15, 0.2) is 96.1 Å². The molecule has 11 heteroatoms. The second-order valence-electron chi connectivity index (χ2n) is 9.20. The van der Waals surface area contributed by atoms with E-state index in [-0.39, 0.29) is 6.54 Å². The first-order chi connectivity index (χ1) is 20.1. The molecule has 42 heavy (non-hydrogen) atoms. The molecule has 4 rings (SSSR count). The van der Waals surface area contributed by atoms with Gasteiger partial charge < -0.3 is 9.47 Å². The number of sulfonamides is 1. The molecule has 0 saturated heterocycles.